The fraction of sp³-hybridized carbons (Fsp3) is 0.438. The molecule has 0 heterocycles. The van der Waals surface area contributed by atoms with Gasteiger partial charge in [-0.25, -0.2) is 0 Å². The number of ether oxygens (including phenoxy) is 1. The van der Waals surface area contributed by atoms with E-state index in [9.17, 15) is 4.79 Å². The second-order valence-electron chi connectivity index (χ2n) is 4.74. The smallest absolute Gasteiger partial charge is 0.320 e. The summed E-state index contributed by atoms with van der Waals surface area (Å²) in [5.41, 5.74) is 2.45. The highest BCUT2D eigenvalue weighted by atomic mass is 16.5. The standard InChI is InChI=1S/C16H23NO2/c1-4-19-16(18)13-17(11-10-14(2)3)12-15-8-6-5-7-9-15/h5-10H,4,11-13H2,1-3H3. The minimum Gasteiger partial charge on any atom is -0.465 e. The number of hydrogen-bond donors (Lipinski definition) is 0. The Labute approximate surface area is 115 Å². The normalized spacial score (nSPS) is 10.3. The summed E-state index contributed by atoms with van der Waals surface area (Å²) in [6.45, 7) is 8.22. The van der Waals surface area contributed by atoms with Crippen LogP contribution in [0, 0.1) is 0 Å². The first-order valence-electron chi connectivity index (χ1n) is 6.67. The predicted octanol–water partition coefficient (Wildman–Crippen LogP) is 3.02. The number of carbonyl (C=O) groups excluding carboxylic acids is 1. The van der Waals surface area contributed by atoms with Crippen LogP contribution >= 0.6 is 0 Å². The van der Waals surface area contributed by atoms with Crippen LogP contribution in [0.1, 0.15) is 26.3 Å². The highest BCUT2D eigenvalue weighted by Crippen LogP contribution is 2.05. The molecule has 0 N–H and O–H groups in total. The van der Waals surface area contributed by atoms with E-state index < -0.39 is 0 Å². The van der Waals surface area contributed by atoms with Gasteiger partial charge in [0.1, 0.15) is 0 Å². The molecule has 0 fully saturated rings. The summed E-state index contributed by atoms with van der Waals surface area (Å²) < 4.78 is 5.02. The molecule has 19 heavy (non-hydrogen) atoms. The monoisotopic (exact) mass is 261 g/mol. The van der Waals surface area contributed by atoms with Crippen LogP contribution < -0.4 is 0 Å². The Bertz CT molecular complexity index is 408. The number of esters is 1. The van der Waals surface area contributed by atoms with Crippen molar-refractivity contribution in [3.63, 3.8) is 0 Å². The minimum absolute atomic E-state index is 0.166. The second kappa shape index (κ2) is 8.48. The van der Waals surface area contributed by atoms with E-state index in [-0.39, 0.29) is 5.97 Å². The van der Waals surface area contributed by atoms with E-state index in [1.165, 1.54) is 11.1 Å². The maximum atomic E-state index is 11.6. The zero-order valence-electron chi connectivity index (χ0n) is 12.1. The third-order valence-corrected chi connectivity index (χ3v) is 2.66. The maximum Gasteiger partial charge on any atom is 0.320 e. The molecule has 0 bridgehead atoms. The summed E-state index contributed by atoms with van der Waals surface area (Å²) in [6, 6.07) is 10.2. The molecule has 0 unspecified atom stereocenters. The molecule has 0 aromatic heterocycles. The third kappa shape index (κ3) is 6.77. The van der Waals surface area contributed by atoms with E-state index in [0.29, 0.717) is 13.2 Å². The molecule has 0 amide bonds. The molecule has 0 radical (unpaired) electrons. The van der Waals surface area contributed by atoms with Crippen LogP contribution in [0.25, 0.3) is 0 Å². The Morgan fingerprint density at radius 2 is 1.95 bits per heavy atom. The van der Waals surface area contributed by atoms with Gasteiger partial charge in [-0.1, -0.05) is 42.0 Å². The van der Waals surface area contributed by atoms with Gasteiger partial charge in [0.15, 0.2) is 0 Å². The van der Waals surface area contributed by atoms with Gasteiger partial charge < -0.3 is 4.74 Å². The molecule has 0 saturated carbocycles. The number of allylic oxidation sites excluding steroid dienone is 1. The maximum absolute atomic E-state index is 11.6. The average Bonchev–Trinajstić information content (AvgIpc) is 2.37. The van der Waals surface area contributed by atoms with Crippen LogP contribution in [0.3, 0.4) is 0 Å². The van der Waals surface area contributed by atoms with Crippen LogP contribution in [0.5, 0.6) is 0 Å². The van der Waals surface area contributed by atoms with Gasteiger partial charge in [0.05, 0.1) is 13.2 Å². The van der Waals surface area contributed by atoms with Gasteiger partial charge in [-0.3, -0.25) is 9.69 Å². The lowest BCUT2D eigenvalue weighted by Gasteiger charge is -2.20. The van der Waals surface area contributed by atoms with Gasteiger partial charge in [0.2, 0.25) is 0 Å². The molecule has 1 rings (SSSR count). The van der Waals surface area contributed by atoms with Crippen molar-refractivity contribution in [2.45, 2.75) is 27.3 Å². The molecule has 104 valence electrons. The number of benzene rings is 1. The zero-order valence-corrected chi connectivity index (χ0v) is 12.1. The first-order valence-corrected chi connectivity index (χ1v) is 6.67. The molecule has 0 atom stereocenters. The summed E-state index contributed by atoms with van der Waals surface area (Å²) in [5, 5.41) is 0. The predicted molar refractivity (Wildman–Crippen MR) is 77.8 cm³/mol. The van der Waals surface area contributed by atoms with Gasteiger partial charge in [0.25, 0.3) is 0 Å². The first kappa shape index (κ1) is 15.4. The molecular weight excluding hydrogens is 238 g/mol. The van der Waals surface area contributed by atoms with Crippen molar-refractivity contribution in [1.82, 2.24) is 4.90 Å². The lowest BCUT2D eigenvalue weighted by molar-refractivity contribution is -0.144. The number of nitrogens with zero attached hydrogens (tertiary/aromatic N) is 1. The minimum atomic E-state index is -0.166. The number of carbonyl (C=O) groups is 1. The van der Waals surface area contributed by atoms with Gasteiger partial charge in [-0.15, -0.1) is 0 Å². The summed E-state index contributed by atoms with van der Waals surface area (Å²) in [7, 11) is 0. The van der Waals surface area contributed by atoms with Gasteiger partial charge in [-0.2, -0.15) is 0 Å². The zero-order chi connectivity index (χ0) is 14.1. The largest absolute Gasteiger partial charge is 0.465 e. The highest BCUT2D eigenvalue weighted by molar-refractivity contribution is 5.71. The van der Waals surface area contributed by atoms with Gasteiger partial charge in [0, 0.05) is 13.1 Å². The Kier molecular flexibility index (Phi) is 6.90. The van der Waals surface area contributed by atoms with Crippen molar-refractivity contribution in [3.05, 3.63) is 47.5 Å². The quantitative estimate of drug-likeness (QED) is 0.558. The van der Waals surface area contributed by atoms with Crippen molar-refractivity contribution in [3.8, 4) is 0 Å². The summed E-state index contributed by atoms with van der Waals surface area (Å²) >= 11 is 0. The van der Waals surface area contributed by atoms with E-state index in [4.69, 9.17) is 4.74 Å². The van der Waals surface area contributed by atoms with Crippen LogP contribution in [-0.4, -0.2) is 30.6 Å². The van der Waals surface area contributed by atoms with E-state index >= 15 is 0 Å². The Hall–Kier alpha value is -1.61. The molecular formula is C16H23NO2. The Morgan fingerprint density at radius 1 is 1.26 bits per heavy atom. The summed E-state index contributed by atoms with van der Waals surface area (Å²) in [6.07, 6.45) is 2.13. The molecule has 1 aromatic carbocycles. The second-order valence-corrected chi connectivity index (χ2v) is 4.74. The fourth-order valence-electron chi connectivity index (χ4n) is 1.73. The van der Waals surface area contributed by atoms with E-state index in [1.807, 2.05) is 25.1 Å². The van der Waals surface area contributed by atoms with E-state index in [2.05, 4.69) is 37.0 Å². The molecule has 0 aliphatic carbocycles. The Balaban J connectivity index is 2.63. The molecule has 1 aromatic rings. The lowest BCUT2D eigenvalue weighted by Crippen LogP contribution is -2.31. The summed E-state index contributed by atoms with van der Waals surface area (Å²) in [4.78, 5) is 13.7. The molecule has 0 aliphatic rings. The van der Waals surface area contributed by atoms with E-state index in [0.717, 1.165) is 13.1 Å². The fourth-order valence-corrected chi connectivity index (χ4v) is 1.73. The first-order chi connectivity index (χ1) is 9.11. The van der Waals surface area contributed by atoms with Crippen LogP contribution in [0.15, 0.2) is 42.0 Å². The van der Waals surface area contributed by atoms with Gasteiger partial charge >= 0.3 is 5.97 Å². The number of rotatable bonds is 7. The molecule has 0 spiro atoms. The van der Waals surface area contributed by atoms with Crippen molar-refractivity contribution >= 4 is 5.97 Å². The number of hydrogen-bond acceptors (Lipinski definition) is 3. The van der Waals surface area contributed by atoms with Crippen LogP contribution in [-0.2, 0) is 16.1 Å². The van der Waals surface area contributed by atoms with Crippen LogP contribution in [0.4, 0.5) is 0 Å². The summed E-state index contributed by atoms with van der Waals surface area (Å²) in [5.74, 6) is -0.166. The van der Waals surface area contributed by atoms with Gasteiger partial charge in [-0.05, 0) is 26.3 Å². The van der Waals surface area contributed by atoms with Crippen molar-refractivity contribution in [2.24, 2.45) is 0 Å². The Morgan fingerprint density at radius 3 is 2.53 bits per heavy atom. The van der Waals surface area contributed by atoms with Crippen molar-refractivity contribution in [2.75, 3.05) is 19.7 Å². The topological polar surface area (TPSA) is 29.5 Å². The average molecular weight is 261 g/mol. The van der Waals surface area contributed by atoms with Crippen molar-refractivity contribution < 1.29 is 9.53 Å². The molecule has 3 heteroatoms. The van der Waals surface area contributed by atoms with Crippen molar-refractivity contribution in [1.29, 1.82) is 0 Å². The van der Waals surface area contributed by atoms with Crippen LogP contribution in [0.2, 0.25) is 0 Å². The molecule has 0 aliphatic heterocycles. The third-order valence-electron chi connectivity index (χ3n) is 2.66. The molecule has 0 saturated heterocycles. The SMILES string of the molecule is CCOC(=O)CN(CC=C(C)C)Cc1ccccc1. The highest BCUT2D eigenvalue weighted by Gasteiger charge is 2.10. The molecule has 3 nitrogen and oxygen atoms in total. The lowest BCUT2D eigenvalue weighted by atomic mass is 10.2. The van der Waals surface area contributed by atoms with E-state index in [1.54, 1.807) is 0 Å².